The van der Waals surface area contributed by atoms with Crippen molar-refractivity contribution >= 4 is 17.2 Å². The molecule has 1 aromatic carbocycles. The van der Waals surface area contributed by atoms with Gasteiger partial charge in [-0.25, -0.2) is 0 Å². The molecule has 4 nitrogen and oxygen atoms in total. The molecular formula is C21H26N2O2S. The van der Waals surface area contributed by atoms with Gasteiger partial charge in [-0.3, -0.25) is 9.69 Å². The predicted molar refractivity (Wildman–Crippen MR) is 105 cm³/mol. The number of morpholine rings is 1. The minimum atomic E-state index is -0.00172. The van der Waals surface area contributed by atoms with Crippen LogP contribution in [0.4, 0.5) is 0 Å². The molecule has 0 radical (unpaired) electrons. The molecule has 1 N–H and O–H groups in total. The highest BCUT2D eigenvalue weighted by Crippen LogP contribution is 2.31. The third kappa shape index (κ3) is 4.00. The first-order chi connectivity index (χ1) is 12.7. The monoisotopic (exact) mass is 370 g/mol. The molecule has 1 saturated heterocycles. The number of nitrogens with zero attached hydrogens (tertiary/aromatic N) is 1. The predicted octanol–water partition coefficient (Wildman–Crippen LogP) is 3.35. The minimum Gasteiger partial charge on any atom is -0.379 e. The zero-order valence-electron chi connectivity index (χ0n) is 15.3. The fraction of sp³-hybridized carbons (Fsp3) is 0.476. The first-order valence-corrected chi connectivity index (χ1v) is 10.3. The van der Waals surface area contributed by atoms with Crippen LogP contribution in [0.25, 0.3) is 0 Å². The van der Waals surface area contributed by atoms with Gasteiger partial charge in [0.15, 0.2) is 0 Å². The zero-order valence-corrected chi connectivity index (χ0v) is 16.1. The fourth-order valence-electron chi connectivity index (χ4n) is 3.75. The van der Waals surface area contributed by atoms with Crippen molar-refractivity contribution in [3.63, 3.8) is 0 Å². The highest BCUT2D eigenvalue weighted by Gasteiger charge is 2.23. The van der Waals surface area contributed by atoms with E-state index in [1.54, 1.807) is 11.3 Å². The second-order valence-corrected chi connectivity index (χ2v) is 8.40. The normalized spacial score (nSPS) is 18.5. The van der Waals surface area contributed by atoms with Crippen molar-refractivity contribution in [1.82, 2.24) is 10.2 Å². The largest absolute Gasteiger partial charge is 0.379 e. The molecule has 0 saturated carbocycles. The maximum absolute atomic E-state index is 12.9. The lowest BCUT2D eigenvalue weighted by molar-refractivity contribution is 0.0332. The molecule has 0 spiro atoms. The Morgan fingerprint density at radius 2 is 2.00 bits per heavy atom. The standard InChI is InChI=1S/C21H26N2O2S/c1-15-5-7-16(8-6-15)18(14-23-9-11-25-12-10-23)22-21(24)20-13-17-3-2-4-19(17)26-20/h5-8,13,18H,2-4,9-12,14H2,1H3,(H,22,24)/t18-/m0/s1. The number of hydrogen-bond donors (Lipinski definition) is 1. The second kappa shape index (κ2) is 7.91. The van der Waals surface area contributed by atoms with Gasteiger partial charge in [-0.1, -0.05) is 29.8 Å². The number of benzene rings is 1. The summed E-state index contributed by atoms with van der Waals surface area (Å²) in [4.78, 5) is 17.5. The Morgan fingerprint density at radius 3 is 2.73 bits per heavy atom. The van der Waals surface area contributed by atoms with Crippen LogP contribution in [0.5, 0.6) is 0 Å². The van der Waals surface area contributed by atoms with E-state index in [1.165, 1.54) is 28.0 Å². The van der Waals surface area contributed by atoms with E-state index in [0.29, 0.717) is 0 Å². The van der Waals surface area contributed by atoms with Crippen LogP contribution in [0.1, 0.15) is 43.7 Å². The van der Waals surface area contributed by atoms with Crippen molar-refractivity contribution in [1.29, 1.82) is 0 Å². The molecule has 1 aliphatic heterocycles. The SMILES string of the molecule is Cc1ccc([C@H](CN2CCOCC2)NC(=O)c2cc3c(s2)CCC3)cc1. The van der Waals surface area contributed by atoms with Crippen LogP contribution in [0.3, 0.4) is 0 Å². The first kappa shape index (κ1) is 17.7. The van der Waals surface area contributed by atoms with Crippen molar-refractivity contribution in [2.75, 3.05) is 32.8 Å². The van der Waals surface area contributed by atoms with Gasteiger partial charge in [-0.15, -0.1) is 11.3 Å². The maximum Gasteiger partial charge on any atom is 0.261 e. The molecule has 1 aliphatic carbocycles. The molecule has 0 bridgehead atoms. The van der Waals surface area contributed by atoms with Gasteiger partial charge < -0.3 is 10.1 Å². The Labute approximate surface area is 159 Å². The van der Waals surface area contributed by atoms with Gasteiger partial charge in [0.05, 0.1) is 24.1 Å². The molecule has 1 amide bonds. The maximum atomic E-state index is 12.9. The number of ether oxygens (including phenoxy) is 1. The van der Waals surface area contributed by atoms with E-state index in [-0.39, 0.29) is 11.9 Å². The average molecular weight is 371 g/mol. The lowest BCUT2D eigenvalue weighted by Crippen LogP contribution is -2.43. The molecule has 1 atom stereocenters. The molecule has 26 heavy (non-hydrogen) atoms. The zero-order chi connectivity index (χ0) is 17.9. The highest BCUT2D eigenvalue weighted by molar-refractivity contribution is 7.14. The molecular weight excluding hydrogens is 344 g/mol. The van der Waals surface area contributed by atoms with Gasteiger partial charge in [0.2, 0.25) is 0 Å². The number of rotatable bonds is 5. The smallest absolute Gasteiger partial charge is 0.261 e. The molecule has 1 fully saturated rings. The number of hydrogen-bond acceptors (Lipinski definition) is 4. The van der Waals surface area contributed by atoms with E-state index in [0.717, 1.165) is 50.6 Å². The summed E-state index contributed by atoms with van der Waals surface area (Å²) in [5.41, 5.74) is 3.78. The number of amides is 1. The highest BCUT2D eigenvalue weighted by atomic mass is 32.1. The van der Waals surface area contributed by atoms with Crippen LogP contribution in [-0.2, 0) is 17.6 Å². The molecule has 0 unspecified atom stereocenters. The van der Waals surface area contributed by atoms with Gasteiger partial charge in [0.1, 0.15) is 0 Å². The second-order valence-electron chi connectivity index (χ2n) is 7.26. The summed E-state index contributed by atoms with van der Waals surface area (Å²) in [5, 5.41) is 3.29. The third-order valence-corrected chi connectivity index (χ3v) is 6.54. The number of thiophene rings is 1. The number of carbonyl (C=O) groups is 1. The minimum absolute atomic E-state index is 0.00172. The van der Waals surface area contributed by atoms with E-state index < -0.39 is 0 Å². The van der Waals surface area contributed by atoms with Gasteiger partial charge in [-0.2, -0.15) is 0 Å². The molecule has 138 valence electrons. The van der Waals surface area contributed by atoms with Crippen LogP contribution < -0.4 is 5.32 Å². The van der Waals surface area contributed by atoms with Crippen LogP contribution in [-0.4, -0.2) is 43.7 Å². The van der Waals surface area contributed by atoms with Gasteiger partial charge in [-0.05, 0) is 43.4 Å². The summed E-state index contributed by atoms with van der Waals surface area (Å²) in [6, 6.07) is 10.6. The van der Waals surface area contributed by atoms with Crippen LogP contribution in [0.2, 0.25) is 0 Å². The van der Waals surface area contributed by atoms with Gasteiger partial charge in [0, 0.05) is 24.5 Å². The summed E-state index contributed by atoms with van der Waals surface area (Å²) >= 11 is 1.67. The number of fused-ring (bicyclic) bond motifs is 1. The van der Waals surface area contributed by atoms with Crippen molar-refractivity contribution in [3.05, 3.63) is 56.8 Å². The van der Waals surface area contributed by atoms with Crippen molar-refractivity contribution in [3.8, 4) is 0 Å². The van der Waals surface area contributed by atoms with E-state index in [2.05, 4.69) is 47.5 Å². The quantitative estimate of drug-likeness (QED) is 0.878. The molecule has 2 aromatic rings. The van der Waals surface area contributed by atoms with Crippen LogP contribution in [0.15, 0.2) is 30.3 Å². The summed E-state index contributed by atoms with van der Waals surface area (Å²) in [6.45, 7) is 6.30. The van der Waals surface area contributed by atoms with E-state index in [9.17, 15) is 4.79 Å². The Bertz CT molecular complexity index is 741. The number of aryl methyl sites for hydroxylation is 3. The topological polar surface area (TPSA) is 41.6 Å². The van der Waals surface area contributed by atoms with Gasteiger partial charge in [0.25, 0.3) is 5.91 Å². The Balaban J connectivity index is 1.51. The van der Waals surface area contributed by atoms with Crippen molar-refractivity contribution in [2.24, 2.45) is 0 Å². The Morgan fingerprint density at radius 1 is 1.23 bits per heavy atom. The van der Waals surface area contributed by atoms with E-state index in [4.69, 9.17) is 4.74 Å². The van der Waals surface area contributed by atoms with Gasteiger partial charge >= 0.3 is 0 Å². The third-order valence-electron chi connectivity index (χ3n) is 5.30. The molecule has 2 aliphatic rings. The van der Waals surface area contributed by atoms with E-state index >= 15 is 0 Å². The number of carbonyl (C=O) groups excluding carboxylic acids is 1. The Hall–Kier alpha value is -1.69. The first-order valence-electron chi connectivity index (χ1n) is 9.48. The summed E-state index contributed by atoms with van der Waals surface area (Å²) < 4.78 is 5.46. The van der Waals surface area contributed by atoms with Crippen LogP contribution in [0, 0.1) is 6.92 Å². The summed E-state index contributed by atoms with van der Waals surface area (Å²) in [5.74, 6) is 0.0586. The molecule has 4 rings (SSSR count). The Kier molecular flexibility index (Phi) is 5.38. The summed E-state index contributed by atoms with van der Waals surface area (Å²) in [7, 11) is 0. The van der Waals surface area contributed by atoms with Crippen LogP contribution >= 0.6 is 11.3 Å². The average Bonchev–Trinajstić information content (AvgIpc) is 3.25. The van der Waals surface area contributed by atoms with E-state index in [1.807, 2.05) is 0 Å². The fourth-order valence-corrected chi connectivity index (χ4v) is 4.90. The lowest BCUT2D eigenvalue weighted by atomic mass is 10.0. The van der Waals surface area contributed by atoms with Crippen molar-refractivity contribution < 1.29 is 9.53 Å². The molecule has 5 heteroatoms. The summed E-state index contributed by atoms with van der Waals surface area (Å²) in [6.07, 6.45) is 3.48. The van der Waals surface area contributed by atoms with Crippen molar-refractivity contribution in [2.45, 2.75) is 32.2 Å². The molecule has 1 aromatic heterocycles. The molecule has 2 heterocycles. The lowest BCUT2D eigenvalue weighted by Gasteiger charge is -2.31. The number of nitrogens with one attached hydrogen (secondary N) is 1.